The van der Waals surface area contributed by atoms with Crippen LogP contribution in [0.4, 0.5) is 26.0 Å². The first-order valence-electron chi connectivity index (χ1n) is 11.2. The van der Waals surface area contributed by atoms with Crippen molar-refractivity contribution in [3.05, 3.63) is 66.0 Å². The number of halogens is 2. The number of hydrogen-bond acceptors (Lipinski definition) is 7. The molecule has 0 radical (unpaired) electrons. The van der Waals surface area contributed by atoms with Gasteiger partial charge in [0.1, 0.15) is 11.1 Å². The van der Waals surface area contributed by atoms with Crippen LogP contribution in [0.5, 0.6) is 0 Å². The fraction of sp³-hybridized carbons (Fsp3) is 0.240. The quantitative estimate of drug-likeness (QED) is 0.402. The molecule has 4 aromatic rings. The number of rotatable bonds is 4. The van der Waals surface area contributed by atoms with Gasteiger partial charge in [0, 0.05) is 30.9 Å². The average molecular weight is 479 g/mol. The maximum absolute atomic E-state index is 14.4. The molecule has 1 fully saturated rings. The lowest BCUT2D eigenvalue weighted by molar-refractivity contribution is 0.102. The summed E-state index contributed by atoms with van der Waals surface area (Å²) >= 11 is 0. The molecule has 1 aliphatic rings. The largest absolute Gasteiger partial charge is 0.438 e. The summed E-state index contributed by atoms with van der Waals surface area (Å²) in [5, 5.41) is 2.85. The summed E-state index contributed by atoms with van der Waals surface area (Å²) in [6.07, 6.45) is 4.14. The van der Waals surface area contributed by atoms with E-state index in [4.69, 9.17) is 15.9 Å². The molecule has 0 unspecified atom stereocenters. The Kier molecular flexibility index (Phi) is 5.81. The summed E-state index contributed by atoms with van der Waals surface area (Å²) in [5.41, 5.74) is 14.0. The van der Waals surface area contributed by atoms with E-state index in [1.54, 1.807) is 12.4 Å². The van der Waals surface area contributed by atoms with Gasteiger partial charge >= 0.3 is 0 Å². The van der Waals surface area contributed by atoms with Crippen molar-refractivity contribution in [2.75, 3.05) is 29.0 Å². The van der Waals surface area contributed by atoms with E-state index < -0.39 is 17.5 Å². The number of piperidine rings is 1. The van der Waals surface area contributed by atoms with E-state index in [0.717, 1.165) is 24.7 Å². The third-order valence-electron chi connectivity index (χ3n) is 6.09. The molecule has 1 aromatic carbocycles. The Bertz CT molecular complexity index is 1410. The second kappa shape index (κ2) is 8.95. The van der Waals surface area contributed by atoms with Crippen LogP contribution in [0, 0.1) is 17.6 Å². The molecule has 1 saturated heterocycles. The van der Waals surface area contributed by atoms with Crippen molar-refractivity contribution in [2.24, 2.45) is 11.7 Å². The molecule has 1 amide bonds. The zero-order valence-corrected chi connectivity index (χ0v) is 19.0. The second-order valence-corrected chi connectivity index (χ2v) is 8.84. The number of nitrogens with one attached hydrogen (secondary N) is 1. The summed E-state index contributed by atoms with van der Waals surface area (Å²) < 4.78 is 33.6. The van der Waals surface area contributed by atoms with E-state index in [1.165, 1.54) is 24.3 Å². The highest BCUT2D eigenvalue weighted by molar-refractivity contribution is 6.15. The minimum absolute atomic E-state index is 0.00261. The van der Waals surface area contributed by atoms with E-state index in [2.05, 4.69) is 27.1 Å². The van der Waals surface area contributed by atoms with Gasteiger partial charge in [-0.15, -0.1) is 0 Å². The molecule has 3 aromatic heterocycles. The van der Waals surface area contributed by atoms with Gasteiger partial charge in [0.15, 0.2) is 17.2 Å². The number of nitrogen functional groups attached to an aromatic ring is 1. The highest BCUT2D eigenvalue weighted by Gasteiger charge is 2.26. The van der Waals surface area contributed by atoms with Gasteiger partial charge in [-0.2, -0.15) is 0 Å². The minimum Gasteiger partial charge on any atom is -0.438 e. The first-order valence-corrected chi connectivity index (χ1v) is 11.2. The topological polar surface area (TPSA) is 123 Å². The van der Waals surface area contributed by atoms with E-state index in [0.29, 0.717) is 18.2 Å². The predicted molar refractivity (Wildman–Crippen MR) is 130 cm³/mol. The predicted octanol–water partition coefficient (Wildman–Crippen LogP) is 4.18. The minimum atomic E-state index is -1.03. The van der Waals surface area contributed by atoms with E-state index in [-0.39, 0.29) is 39.8 Å². The number of pyridine rings is 2. The van der Waals surface area contributed by atoms with Crippen LogP contribution >= 0.6 is 0 Å². The van der Waals surface area contributed by atoms with Crippen LogP contribution in [-0.2, 0) is 0 Å². The van der Waals surface area contributed by atoms with E-state index >= 15 is 0 Å². The lowest BCUT2D eigenvalue weighted by Gasteiger charge is -2.37. The van der Waals surface area contributed by atoms with Crippen LogP contribution in [0.1, 0.15) is 23.7 Å². The Balaban J connectivity index is 1.51. The molecular formula is C25H24F2N6O2. The number of aromatic nitrogens is 2. The van der Waals surface area contributed by atoms with Gasteiger partial charge in [-0.25, -0.2) is 13.8 Å². The molecular weight excluding hydrogens is 454 g/mol. The van der Waals surface area contributed by atoms with Gasteiger partial charge in [0.25, 0.3) is 5.91 Å². The zero-order chi connectivity index (χ0) is 24.7. The number of hydrogen-bond donors (Lipinski definition) is 3. The fourth-order valence-corrected chi connectivity index (χ4v) is 4.61. The van der Waals surface area contributed by atoms with Crippen molar-refractivity contribution in [3.8, 4) is 11.3 Å². The Labute approximate surface area is 199 Å². The monoisotopic (exact) mass is 478 g/mol. The van der Waals surface area contributed by atoms with Crippen molar-refractivity contribution < 1.29 is 18.0 Å². The number of carbonyl (C=O) groups is 1. The standard InChI is InChI=1S/C25H24F2N6O2/c1-13-9-14(28)12-33(11-13)19-7-8-30-10-18(19)32-25(34)21-23-20(35-24(21)29)6-5-17(31-23)15-3-2-4-16(26)22(15)27/h2-8,10,13-14H,9,11-12,28-29H2,1H3,(H,32,34)/t13-,14+/m1/s1. The Morgan fingerprint density at radius 3 is 2.83 bits per heavy atom. The second-order valence-electron chi connectivity index (χ2n) is 8.84. The number of furan rings is 1. The normalized spacial score (nSPS) is 18.1. The molecule has 8 nitrogen and oxygen atoms in total. The number of nitrogens with two attached hydrogens (primary N) is 2. The number of fused-ring (bicyclic) bond motifs is 1. The van der Waals surface area contributed by atoms with Crippen molar-refractivity contribution in [1.29, 1.82) is 0 Å². The number of anilines is 3. The number of carbonyl (C=O) groups excluding carboxylic acids is 1. The molecule has 180 valence electrons. The van der Waals surface area contributed by atoms with Crippen LogP contribution < -0.4 is 21.7 Å². The van der Waals surface area contributed by atoms with E-state index in [9.17, 15) is 13.6 Å². The van der Waals surface area contributed by atoms with E-state index in [1.807, 2.05) is 6.07 Å². The van der Waals surface area contributed by atoms with Crippen LogP contribution in [0.2, 0.25) is 0 Å². The number of nitrogens with zero attached hydrogens (tertiary/aromatic N) is 3. The Morgan fingerprint density at radius 2 is 2.03 bits per heavy atom. The van der Waals surface area contributed by atoms with Crippen molar-refractivity contribution >= 4 is 34.3 Å². The molecule has 2 atom stereocenters. The first kappa shape index (κ1) is 22.7. The fourth-order valence-electron chi connectivity index (χ4n) is 4.61. The van der Waals surface area contributed by atoms with Crippen LogP contribution in [-0.4, -0.2) is 35.0 Å². The van der Waals surface area contributed by atoms with Gasteiger partial charge in [-0.3, -0.25) is 9.78 Å². The van der Waals surface area contributed by atoms with Crippen LogP contribution in [0.25, 0.3) is 22.4 Å². The van der Waals surface area contributed by atoms with Crippen molar-refractivity contribution in [3.63, 3.8) is 0 Å². The lowest BCUT2D eigenvalue weighted by atomic mass is 9.96. The summed E-state index contributed by atoms with van der Waals surface area (Å²) in [5.74, 6) is -2.33. The Morgan fingerprint density at radius 1 is 1.20 bits per heavy atom. The summed E-state index contributed by atoms with van der Waals surface area (Å²) in [4.78, 5) is 24.0. The molecule has 5 N–H and O–H groups in total. The van der Waals surface area contributed by atoms with Gasteiger partial charge < -0.3 is 26.1 Å². The molecule has 1 aliphatic heterocycles. The molecule has 0 spiro atoms. The SMILES string of the molecule is C[C@@H]1C[C@H](N)CN(c2ccncc2NC(=O)c2c(N)oc3ccc(-c4cccc(F)c4F)nc23)C1. The molecule has 0 saturated carbocycles. The molecule has 4 heterocycles. The zero-order valence-electron chi connectivity index (χ0n) is 19.0. The van der Waals surface area contributed by atoms with Crippen LogP contribution in [0.15, 0.2) is 53.2 Å². The summed E-state index contributed by atoms with van der Waals surface area (Å²) in [7, 11) is 0. The molecule has 0 bridgehead atoms. The molecule has 35 heavy (non-hydrogen) atoms. The third-order valence-corrected chi connectivity index (χ3v) is 6.09. The highest BCUT2D eigenvalue weighted by atomic mass is 19.2. The maximum Gasteiger partial charge on any atom is 0.263 e. The van der Waals surface area contributed by atoms with Gasteiger partial charge in [0.05, 0.1) is 23.3 Å². The summed E-state index contributed by atoms with van der Waals surface area (Å²) in [6, 6.07) is 8.64. The lowest BCUT2D eigenvalue weighted by Crippen LogP contribution is -2.46. The number of benzene rings is 1. The van der Waals surface area contributed by atoms with Gasteiger partial charge in [0.2, 0.25) is 5.88 Å². The number of amides is 1. The van der Waals surface area contributed by atoms with Gasteiger partial charge in [-0.05, 0) is 42.7 Å². The molecule has 5 rings (SSSR count). The smallest absolute Gasteiger partial charge is 0.263 e. The average Bonchev–Trinajstić information content (AvgIpc) is 3.15. The molecule has 10 heteroatoms. The van der Waals surface area contributed by atoms with Gasteiger partial charge in [-0.1, -0.05) is 13.0 Å². The Hall–Kier alpha value is -4.05. The molecule has 0 aliphatic carbocycles. The van der Waals surface area contributed by atoms with Crippen molar-refractivity contribution in [2.45, 2.75) is 19.4 Å². The highest BCUT2D eigenvalue weighted by Crippen LogP contribution is 2.33. The van der Waals surface area contributed by atoms with Crippen LogP contribution in [0.3, 0.4) is 0 Å². The first-order chi connectivity index (χ1) is 16.8. The maximum atomic E-state index is 14.4. The summed E-state index contributed by atoms with van der Waals surface area (Å²) in [6.45, 7) is 3.58. The van der Waals surface area contributed by atoms with Crippen molar-refractivity contribution in [1.82, 2.24) is 9.97 Å². The third kappa shape index (κ3) is 4.28.